The Morgan fingerprint density at radius 2 is 0.682 bits per heavy atom. The van der Waals surface area contributed by atoms with Gasteiger partial charge in [-0.05, 0) is 121 Å². The largest absolute Gasteiger partial charge is 0.295 e. The van der Waals surface area contributed by atoms with Crippen molar-refractivity contribution in [2.75, 3.05) is 0 Å². The minimum absolute atomic E-state index is 0.100. The van der Waals surface area contributed by atoms with Crippen LogP contribution in [0.2, 0.25) is 0 Å². The average molecular weight is 997 g/mol. The Labute approximate surface area is 386 Å². The van der Waals surface area contributed by atoms with E-state index in [1.54, 1.807) is 86.7 Å². The summed E-state index contributed by atoms with van der Waals surface area (Å²) in [6.07, 6.45) is 6.72. The summed E-state index contributed by atoms with van der Waals surface area (Å²) < 4.78 is 144. The van der Waals surface area contributed by atoms with Crippen LogP contribution in [-0.4, -0.2) is 61.9 Å². The van der Waals surface area contributed by atoms with Crippen LogP contribution in [0.25, 0.3) is 87.6 Å². The Hall–Kier alpha value is -6.04. The van der Waals surface area contributed by atoms with Crippen molar-refractivity contribution in [3.05, 3.63) is 143 Å². The van der Waals surface area contributed by atoms with E-state index in [0.717, 1.165) is 11.3 Å². The van der Waals surface area contributed by atoms with Crippen molar-refractivity contribution in [2.45, 2.75) is 33.4 Å². The third-order valence-electron chi connectivity index (χ3n) is 10.8. The van der Waals surface area contributed by atoms with Crippen LogP contribution in [0.5, 0.6) is 0 Å². The molecule has 0 atom stereocenters. The molecule has 334 valence electrons. The summed E-state index contributed by atoms with van der Waals surface area (Å²) >= 11 is 2.41. The number of hydrogen-bond acceptors (Lipinski definition) is 12. The van der Waals surface area contributed by atoms with Gasteiger partial charge < -0.3 is 0 Å². The predicted octanol–water partition coefficient (Wildman–Crippen LogP) is 10.4. The molecule has 0 radical (unpaired) electrons. The van der Waals surface area contributed by atoms with Gasteiger partial charge in [-0.3, -0.25) is 18.2 Å². The van der Waals surface area contributed by atoms with Crippen molar-refractivity contribution in [1.82, 2.24) is 9.97 Å². The lowest BCUT2D eigenvalue weighted by Crippen LogP contribution is -2.02. The molecule has 0 saturated carbocycles. The van der Waals surface area contributed by atoms with Gasteiger partial charge in [0.05, 0.1) is 32.6 Å². The summed E-state index contributed by atoms with van der Waals surface area (Å²) in [5.41, 5.74) is 5.05. The van der Waals surface area contributed by atoms with Gasteiger partial charge in [0.15, 0.2) is 0 Å². The highest BCUT2D eigenvalue weighted by Crippen LogP contribution is 2.45. The molecule has 0 saturated heterocycles. The Kier molecular flexibility index (Phi) is 11.2. The number of hydrogen-bond donors (Lipinski definition) is 4. The fraction of sp³-hybridized carbons (Fsp3) is 0.0435. The topological polar surface area (TPSA) is 243 Å². The van der Waals surface area contributed by atoms with Gasteiger partial charge in [0.25, 0.3) is 40.5 Å². The molecule has 0 unspecified atom stereocenters. The second-order valence-electron chi connectivity index (χ2n) is 15.2. The van der Waals surface area contributed by atoms with Crippen LogP contribution in [0.15, 0.2) is 129 Å². The molecule has 66 heavy (non-hydrogen) atoms. The number of thiophene rings is 2. The van der Waals surface area contributed by atoms with Crippen molar-refractivity contribution < 1.29 is 51.9 Å². The van der Waals surface area contributed by atoms with Crippen molar-refractivity contribution in [2.24, 2.45) is 0 Å². The zero-order valence-corrected chi connectivity index (χ0v) is 39.0. The summed E-state index contributed by atoms with van der Waals surface area (Å²) in [5.74, 6) is 0. The van der Waals surface area contributed by atoms with E-state index in [0.29, 0.717) is 63.6 Å². The van der Waals surface area contributed by atoms with E-state index in [4.69, 9.17) is 9.97 Å². The summed E-state index contributed by atoms with van der Waals surface area (Å²) in [6, 6.07) is 27.1. The van der Waals surface area contributed by atoms with Gasteiger partial charge in [-0.25, -0.2) is 9.97 Å². The van der Waals surface area contributed by atoms with E-state index in [1.165, 1.54) is 72.0 Å². The van der Waals surface area contributed by atoms with E-state index in [9.17, 15) is 51.9 Å². The van der Waals surface area contributed by atoms with Gasteiger partial charge in [0.1, 0.15) is 9.79 Å². The standard InChI is InChI=1S/C46H32N2O12S6/c1-25-3-13-31(41(23-25)65(55,56)57)45-35-17-15-33(47-35)43(27-5-9-29(10-6-27)63(49,50)51)37-19-20-38(61-37)44(28-7-11-30(12-8-28)64(52,53)54)34-16-18-36(48-34)46(40-22-21-39(45)62-40)32-14-4-26(2)24-42(32)66(58,59)60/h3-24H,1-2H3,(H,49,50,51)(H,52,53,54)(H,55,56,57)(H,58,59,60). The molecular formula is C46H32N2O12S6. The van der Waals surface area contributed by atoms with Gasteiger partial charge in [-0.2, -0.15) is 33.7 Å². The highest BCUT2D eigenvalue weighted by atomic mass is 32.2. The number of rotatable bonds is 8. The van der Waals surface area contributed by atoms with Crippen LogP contribution < -0.4 is 0 Å². The van der Waals surface area contributed by atoms with Crippen molar-refractivity contribution >= 4 is 106 Å². The molecule has 0 fully saturated rings. The molecular weight excluding hydrogens is 965 g/mol. The Morgan fingerprint density at radius 1 is 0.379 bits per heavy atom. The summed E-state index contributed by atoms with van der Waals surface area (Å²) in [5, 5.41) is 0. The minimum Gasteiger partial charge on any atom is -0.282 e. The molecule has 9 rings (SSSR count). The molecule has 4 aromatic carbocycles. The SMILES string of the molecule is Cc1ccc(-c2c3nc(c(-c4ccc(S(=O)(=O)O)cc4)c4ccc(s4)c(-c4ccc(S(=O)(=O)O)cc4)c4nc(c(-c5ccc(C)cc5S(=O)(=O)O)c5ccc2s5)C=C4)C=C3)c(S(=O)(=O)O)c1. The Balaban J connectivity index is 1.51. The minimum atomic E-state index is -4.84. The van der Waals surface area contributed by atoms with E-state index in [2.05, 4.69) is 0 Å². The Bertz CT molecular complexity index is 3680. The fourth-order valence-corrected chi connectivity index (χ4v) is 12.6. The van der Waals surface area contributed by atoms with Crippen molar-refractivity contribution in [1.29, 1.82) is 0 Å². The van der Waals surface area contributed by atoms with Crippen LogP contribution in [0, 0.1) is 13.8 Å². The number of fused-ring (bicyclic) bond motifs is 8. The highest BCUT2D eigenvalue weighted by molar-refractivity contribution is 7.86. The van der Waals surface area contributed by atoms with Crippen LogP contribution >= 0.6 is 22.7 Å². The van der Waals surface area contributed by atoms with E-state index >= 15 is 0 Å². The van der Waals surface area contributed by atoms with Crippen LogP contribution in [0.1, 0.15) is 33.9 Å². The second kappa shape index (κ2) is 16.4. The maximum Gasteiger partial charge on any atom is 0.295 e. The van der Waals surface area contributed by atoms with E-state index in [-0.39, 0.29) is 43.4 Å². The Morgan fingerprint density at radius 3 is 0.985 bits per heavy atom. The number of aryl methyl sites for hydroxylation is 2. The van der Waals surface area contributed by atoms with Gasteiger partial charge in [0, 0.05) is 52.2 Å². The molecule has 14 nitrogen and oxygen atoms in total. The highest BCUT2D eigenvalue weighted by Gasteiger charge is 2.26. The van der Waals surface area contributed by atoms with Crippen LogP contribution in [-0.2, 0) is 40.5 Å². The fourth-order valence-electron chi connectivity index (χ4n) is 7.81. The molecule has 0 spiro atoms. The lowest BCUT2D eigenvalue weighted by Gasteiger charge is -2.11. The molecule has 4 N–H and O–H groups in total. The molecule has 2 aliphatic rings. The van der Waals surface area contributed by atoms with Crippen molar-refractivity contribution in [3.8, 4) is 44.5 Å². The zero-order valence-electron chi connectivity index (χ0n) is 34.1. The summed E-state index contributed by atoms with van der Waals surface area (Å²) in [7, 11) is -18.8. The van der Waals surface area contributed by atoms with Gasteiger partial charge in [0.2, 0.25) is 0 Å². The summed E-state index contributed by atoms with van der Waals surface area (Å²) in [6.45, 7) is 3.34. The summed E-state index contributed by atoms with van der Waals surface area (Å²) in [4.78, 5) is 8.65. The van der Waals surface area contributed by atoms with Crippen LogP contribution in [0.4, 0.5) is 0 Å². The molecule has 2 aliphatic heterocycles. The van der Waals surface area contributed by atoms with Crippen LogP contribution in [0.3, 0.4) is 0 Å². The molecule has 8 bridgehead atoms. The molecule has 0 aliphatic carbocycles. The third kappa shape index (κ3) is 8.59. The van der Waals surface area contributed by atoms with E-state index in [1.807, 2.05) is 0 Å². The number of nitrogens with zero attached hydrogens (tertiary/aromatic N) is 2. The number of benzene rings is 4. The first-order valence-corrected chi connectivity index (χ1v) is 26.7. The lowest BCUT2D eigenvalue weighted by molar-refractivity contribution is 0.481. The maximum absolute atomic E-state index is 13.1. The number of aromatic nitrogens is 2. The molecule has 0 amide bonds. The smallest absolute Gasteiger partial charge is 0.282 e. The maximum atomic E-state index is 13.1. The quantitative estimate of drug-likeness (QED) is 0.104. The molecule has 7 aromatic rings. The average Bonchev–Trinajstić information content (AvgIpc) is 4.09. The van der Waals surface area contributed by atoms with Gasteiger partial charge in [-0.15, -0.1) is 22.7 Å². The van der Waals surface area contributed by atoms with Gasteiger partial charge in [-0.1, -0.05) is 48.5 Å². The normalized spacial score (nSPS) is 13.1. The first-order chi connectivity index (χ1) is 31.0. The molecule has 20 heteroatoms. The first-order valence-electron chi connectivity index (χ1n) is 19.4. The van der Waals surface area contributed by atoms with E-state index < -0.39 is 50.3 Å². The van der Waals surface area contributed by atoms with Crippen molar-refractivity contribution in [3.63, 3.8) is 0 Å². The monoisotopic (exact) mass is 996 g/mol. The predicted molar refractivity (Wildman–Crippen MR) is 256 cm³/mol. The molecule has 5 heterocycles. The zero-order chi connectivity index (χ0) is 47.1. The van der Waals surface area contributed by atoms with Gasteiger partial charge >= 0.3 is 0 Å². The lowest BCUT2D eigenvalue weighted by atomic mass is 10.0. The third-order valence-corrected chi connectivity index (χ3v) is 16.5. The first kappa shape index (κ1) is 45.1. The second-order valence-corrected chi connectivity index (χ2v) is 23.0. The molecule has 3 aromatic heterocycles.